The van der Waals surface area contributed by atoms with E-state index in [1.165, 1.54) is 0 Å². The van der Waals surface area contributed by atoms with Crippen LogP contribution in [0, 0.1) is 10.1 Å². The first-order valence-corrected chi connectivity index (χ1v) is 5.37. The number of aromatic nitrogens is 1. The molecule has 110 valence electrons. The number of aromatic carboxylic acids is 1. The van der Waals surface area contributed by atoms with Crippen molar-refractivity contribution in [2.75, 3.05) is 25.1 Å². The largest absolute Gasteiger partial charge is 0.478 e. The van der Waals surface area contributed by atoms with Crippen molar-refractivity contribution in [1.29, 1.82) is 0 Å². The Hall–Kier alpha value is -2.30. The summed E-state index contributed by atoms with van der Waals surface area (Å²) in [5.74, 6) is -1.75. The van der Waals surface area contributed by atoms with E-state index in [4.69, 9.17) is 20.4 Å². The molecular formula is C10H13N3O7. The minimum Gasteiger partial charge on any atom is -0.478 e. The summed E-state index contributed by atoms with van der Waals surface area (Å²) >= 11 is 0. The van der Waals surface area contributed by atoms with Gasteiger partial charge in [0.05, 0.1) is 30.3 Å². The van der Waals surface area contributed by atoms with Gasteiger partial charge in [-0.3, -0.25) is 10.1 Å². The van der Waals surface area contributed by atoms with Gasteiger partial charge in [-0.15, -0.1) is 0 Å². The topological polar surface area (TPSA) is 166 Å². The van der Waals surface area contributed by atoms with Crippen LogP contribution in [-0.4, -0.2) is 61.7 Å². The smallest absolute Gasteiger partial charge is 0.337 e. The Morgan fingerprint density at radius 1 is 1.35 bits per heavy atom. The number of nitro groups is 1. The monoisotopic (exact) mass is 287 g/mol. The summed E-state index contributed by atoms with van der Waals surface area (Å²) < 4.78 is 0. The Labute approximate surface area is 112 Å². The lowest BCUT2D eigenvalue weighted by Gasteiger charge is -2.28. The molecule has 5 N–H and O–H groups in total. The van der Waals surface area contributed by atoms with E-state index in [0.717, 1.165) is 12.3 Å². The quantitative estimate of drug-likeness (QED) is 0.306. The Morgan fingerprint density at radius 2 is 1.90 bits per heavy atom. The summed E-state index contributed by atoms with van der Waals surface area (Å²) in [6, 6.07) is 0.786. The molecule has 1 aromatic heterocycles. The van der Waals surface area contributed by atoms with E-state index >= 15 is 0 Å². The van der Waals surface area contributed by atoms with Crippen LogP contribution < -0.4 is 5.32 Å². The van der Waals surface area contributed by atoms with Crippen LogP contribution in [0.5, 0.6) is 0 Å². The molecule has 0 saturated carbocycles. The predicted molar refractivity (Wildman–Crippen MR) is 65.5 cm³/mol. The SMILES string of the molecule is O=C(O)c1cnc(NC(CO)(CO)CO)c([N+](=O)[O-])c1. The molecule has 0 amide bonds. The summed E-state index contributed by atoms with van der Waals surface area (Å²) in [4.78, 5) is 24.4. The number of rotatable bonds is 7. The van der Waals surface area contributed by atoms with Crippen molar-refractivity contribution in [3.05, 3.63) is 27.9 Å². The molecule has 0 bridgehead atoms. The number of hydrogen-bond acceptors (Lipinski definition) is 8. The summed E-state index contributed by atoms with van der Waals surface area (Å²) in [6.45, 7) is -2.13. The molecule has 0 radical (unpaired) electrons. The van der Waals surface area contributed by atoms with Gasteiger partial charge in [-0.05, 0) is 0 Å². The number of aliphatic hydroxyl groups excluding tert-OH is 3. The Balaban J connectivity index is 3.24. The third-order valence-electron chi connectivity index (χ3n) is 2.60. The Morgan fingerprint density at radius 3 is 2.30 bits per heavy atom. The maximum absolute atomic E-state index is 10.9. The Kier molecular flexibility index (Phi) is 4.91. The summed E-state index contributed by atoms with van der Waals surface area (Å²) in [6.07, 6.45) is 0.883. The average Bonchev–Trinajstić information content (AvgIpc) is 2.44. The fourth-order valence-electron chi connectivity index (χ4n) is 1.33. The van der Waals surface area contributed by atoms with Gasteiger partial charge in [0.15, 0.2) is 0 Å². The van der Waals surface area contributed by atoms with Crippen molar-refractivity contribution in [2.45, 2.75) is 5.54 Å². The van der Waals surface area contributed by atoms with Crippen LogP contribution in [0.2, 0.25) is 0 Å². The molecule has 0 spiro atoms. The first-order chi connectivity index (χ1) is 9.39. The van der Waals surface area contributed by atoms with Crippen LogP contribution >= 0.6 is 0 Å². The first kappa shape index (κ1) is 15.8. The highest BCUT2D eigenvalue weighted by Crippen LogP contribution is 2.25. The van der Waals surface area contributed by atoms with Crippen molar-refractivity contribution in [3.63, 3.8) is 0 Å². The maximum Gasteiger partial charge on any atom is 0.337 e. The lowest BCUT2D eigenvalue weighted by Crippen LogP contribution is -2.49. The lowest BCUT2D eigenvalue weighted by molar-refractivity contribution is -0.384. The lowest BCUT2D eigenvalue weighted by atomic mass is 10.0. The second-order valence-electron chi connectivity index (χ2n) is 4.03. The molecule has 0 aromatic carbocycles. The molecule has 0 unspecified atom stereocenters. The zero-order valence-corrected chi connectivity index (χ0v) is 10.2. The van der Waals surface area contributed by atoms with Crippen LogP contribution in [0.1, 0.15) is 10.4 Å². The second-order valence-corrected chi connectivity index (χ2v) is 4.03. The molecule has 10 heteroatoms. The molecule has 10 nitrogen and oxygen atoms in total. The number of hydrogen-bond donors (Lipinski definition) is 5. The van der Waals surface area contributed by atoms with Gasteiger partial charge in [0, 0.05) is 12.3 Å². The van der Waals surface area contributed by atoms with E-state index < -0.39 is 41.9 Å². The number of nitrogens with one attached hydrogen (secondary N) is 1. The number of pyridine rings is 1. The summed E-state index contributed by atoms with van der Waals surface area (Å²) in [7, 11) is 0. The van der Waals surface area contributed by atoms with Gasteiger partial charge in [0.1, 0.15) is 5.54 Å². The van der Waals surface area contributed by atoms with E-state index in [9.17, 15) is 14.9 Å². The standard InChI is InChI=1S/C10H13N3O7/c14-3-10(4-15,5-16)12-8-7(13(19)20)1-6(2-11-8)9(17)18/h1-2,14-16H,3-5H2,(H,11,12)(H,17,18). The van der Waals surface area contributed by atoms with E-state index in [1.807, 2.05) is 0 Å². The van der Waals surface area contributed by atoms with Gasteiger partial charge < -0.3 is 25.7 Å². The van der Waals surface area contributed by atoms with Crippen LogP contribution in [0.15, 0.2) is 12.3 Å². The van der Waals surface area contributed by atoms with E-state index in [2.05, 4.69) is 10.3 Å². The van der Waals surface area contributed by atoms with Gasteiger partial charge in [-0.1, -0.05) is 0 Å². The number of anilines is 1. The third kappa shape index (κ3) is 3.17. The number of nitrogens with zero attached hydrogens (tertiary/aromatic N) is 2. The minimum absolute atomic E-state index is 0.364. The molecule has 0 fully saturated rings. The fourth-order valence-corrected chi connectivity index (χ4v) is 1.33. The average molecular weight is 287 g/mol. The summed E-state index contributed by atoms with van der Waals surface area (Å²) in [5, 5.41) is 49.4. The van der Waals surface area contributed by atoms with Crippen molar-refractivity contribution < 1.29 is 30.1 Å². The fraction of sp³-hybridized carbons (Fsp3) is 0.400. The molecule has 0 aliphatic heterocycles. The third-order valence-corrected chi connectivity index (χ3v) is 2.60. The Bertz CT molecular complexity index is 507. The van der Waals surface area contributed by atoms with Crippen molar-refractivity contribution in [2.24, 2.45) is 0 Å². The van der Waals surface area contributed by atoms with Crippen LogP contribution in [-0.2, 0) is 0 Å². The molecule has 0 saturated heterocycles. The van der Waals surface area contributed by atoms with Crippen molar-refractivity contribution in [1.82, 2.24) is 4.98 Å². The molecule has 1 aromatic rings. The minimum atomic E-state index is -1.61. The molecule has 20 heavy (non-hydrogen) atoms. The van der Waals surface area contributed by atoms with Gasteiger partial charge in [0.25, 0.3) is 0 Å². The number of carboxylic acid groups (broad SMARTS) is 1. The predicted octanol–water partition coefficient (Wildman–Crippen LogP) is -1.18. The zero-order valence-electron chi connectivity index (χ0n) is 10.2. The maximum atomic E-state index is 10.9. The van der Waals surface area contributed by atoms with Crippen LogP contribution in [0.3, 0.4) is 0 Å². The molecule has 0 aliphatic carbocycles. The van der Waals surface area contributed by atoms with Gasteiger partial charge in [-0.25, -0.2) is 9.78 Å². The molecule has 0 aliphatic rings. The first-order valence-electron chi connectivity index (χ1n) is 5.37. The molecular weight excluding hydrogens is 274 g/mol. The normalized spacial score (nSPS) is 11.2. The van der Waals surface area contributed by atoms with Gasteiger partial charge in [0.2, 0.25) is 5.82 Å². The van der Waals surface area contributed by atoms with Crippen molar-refractivity contribution >= 4 is 17.5 Å². The van der Waals surface area contributed by atoms with Gasteiger partial charge in [-0.2, -0.15) is 0 Å². The highest BCUT2D eigenvalue weighted by atomic mass is 16.6. The molecule has 0 atom stereocenters. The number of carbonyl (C=O) groups is 1. The summed E-state index contributed by atoms with van der Waals surface area (Å²) in [5.41, 5.74) is -2.64. The van der Waals surface area contributed by atoms with E-state index in [1.54, 1.807) is 0 Å². The number of carboxylic acids is 1. The number of aliphatic hydroxyl groups is 3. The van der Waals surface area contributed by atoms with Crippen LogP contribution in [0.4, 0.5) is 11.5 Å². The van der Waals surface area contributed by atoms with Gasteiger partial charge >= 0.3 is 11.7 Å². The second kappa shape index (κ2) is 6.23. The highest BCUT2D eigenvalue weighted by Gasteiger charge is 2.31. The van der Waals surface area contributed by atoms with E-state index in [-0.39, 0.29) is 11.4 Å². The zero-order chi connectivity index (χ0) is 15.3. The molecule has 1 rings (SSSR count). The van der Waals surface area contributed by atoms with Crippen molar-refractivity contribution in [3.8, 4) is 0 Å². The molecule has 1 heterocycles. The van der Waals surface area contributed by atoms with Crippen LogP contribution in [0.25, 0.3) is 0 Å². The van der Waals surface area contributed by atoms with E-state index in [0.29, 0.717) is 0 Å². The highest BCUT2D eigenvalue weighted by molar-refractivity contribution is 5.88.